The third-order valence-corrected chi connectivity index (χ3v) is 2.34. The lowest BCUT2D eigenvalue weighted by atomic mass is 10.1. The van der Waals surface area contributed by atoms with Crippen LogP contribution in [0, 0.1) is 5.92 Å². The van der Waals surface area contributed by atoms with Crippen molar-refractivity contribution in [1.82, 2.24) is 0 Å². The van der Waals surface area contributed by atoms with Crippen molar-refractivity contribution in [2.24, 2.45) is 11.7 Å². The minimum absolute atomic E-state index is 0.0235. The van der Waals surface area contributed by atoms with E-state index in [2.05, 4.69) is 13.8 Å². The Morgan fingerprint density at radius 1 is 1.27 bits per heavy atom. The van der Waals surface area contributed by atoms with Gasteiger partial charge in [0.15, 0.2) is 0 Å². The van der Waals surface area contributed by atoms with Gasteiger partial charge in [0.2, 0.25) is 0 Å². The van der Waals surface area contributed by atoms with Crippen LogP contribution in [0.2, 0.25) is 5.02 Å². The molecule has 0 aromatic heterocycles. The van der Waals surface area contributed by atoms with E-state index in [0.29, 0.717) is 12.5 Å². The second-order valence-electron chi connectivity index (χ2n) is 4.00. The molecule has 1 atom stereocenters. The van der Waals surface area contributed by atoms with Crippen molar-refractivity contribution in [3.8, 4) is 0 Å². The molecule has 84 valence electrons. The molecule has 0 aliphatic heterocycles. The average Bonchev–Trinajstić information content (AvgIpc) is 2.21. The highest BCUT2D eigenvalue weighted by Gasteiger charge is 2.10. The van der Waals surface area contributed by atoms with Crippen molar-refractivity contribution in [3.63, 3.8) is 0 Å². The molecule has 0 aliphatic carbocycles. The SMILES string of the molecule is CC(C)COC(CN)c1ccc(Cl)cc1. The molecule has 2 nitrogen and oxygen atoms in total. The molecule has 1 rings (SSSR count). The van der Waals surface area contributed by atoms with E-state index in [9.17, 15) is 0 Å². The molecular formula is C12H18ClNO. The third kappa shape index (κ3) is 4.20. The molecule has 1 aromatic carbocycles. The summed E-state index contributed by atoms with van der Waals surface area (Å²) < 4.78 is 5.71. The van der Waals surface area contributed by atoms with Gasteiger partial charge in [-0.25, -0.2) is 0 Å². The Morgan fingerprint density at radius 3 is 2.33 bits per heavy atom. The highest BCUT2D eigenvalue weighted by molar-refractivity contribution is 6.30. The fourth-order valence-electron chi connectivity index (χ4n) is 1.29. The minimum Gasteiger partial charge on any atom is -0.372 e. The average molecular weight is 228 g/mol. The molecular weight excluding hydrogens is 210 g/mol. The zero-order chi connectivity index (χ0) is 11.3. The minimum atomic E-state index is -0.0235. The Balaban J connectivity index is 2.61. The number of hydrogen-bond acceptors (Lipinski definition) is 2. The molecule has 0 saturated heterocycles. The van der Waals surface area contributed by atoms with Crippen LogP contribution in [0.25, 0.3) is 0 Å². The van der Waals surface area contributed by atoms with Gasteiger partial charge in [-0.3, -0.25) is 0 Å². The number of ether oxygens (including phenoxy) is 1. The summed E-state index contributed by atoms with van der Waals surface area (Å²) in [4.78, 5) is 0. The number of rotatable bonds is 5. The van der Waals surface area contributed by atoms with Crippen LogP contribution in [0.4, 0.5) is 0 Å². The molecule has 0 heterocycles. The normalized spacial score (nSPS) is 13.1. The largest absolute Gasteiger partial charge is 0.372 e. The van der Waals surface area contributed by atoms with Gasteiger partial charge in [-0.2, -0.15) is 0 Å². The predicted octanol–water partition coefficient (Wildman–Crippen LogP) is 3.01. The topological polar surface area (TPSA) is 35.2 Å². The van der Waals surface area contributed by atoms with Crippen LogP contribution in [0.5, 0.6) is 0 Å². The van der Waals surface area contributed by atoms with Gasteiger partial charge in [0.05, 0.1) is 6.10 Å². The number of nitrogens with two attached hydrogens (primary N) is 1. The highest BCUT2D eigenvalue weighted by Crippen LogP contribution is 2.19. The van der Waals surface area contributed by atoms with Crippen LogP contribution < -0.4 is 5.73 Å². The van der Waals surface area contributed by atoms with Crippen LogP contribution >= 0.6 is 11.6 Å². The van der Waals surface area contributed by atoms with Gasteiger partial charge in [0, 0.05) is 18.2 Å². The molecule has 0 spiro atoms. The number of benzene rings is 1. The van der Waals surface area contributed by atoms with Gasteiger partial charge in [-0.1, -0.05) is 37.6 Å². The van der Waals surface area contributed by atoms with Crippen LogP contribution in [-0.2, 0) is 4.74 Å². The Labute approximate surface area is 96.4 Å². The van der Waals surface area contributed by atoms with Gasteiger partial charge in [-0.15, -0.1) is 0 Å². The third-order valence-electron chi connectivity index (χ3n) is 2.09. The Morgan fingerprint density at radius 2 is 1.87 bits per heavy atom. The van der Waals surface area contributed by atoms with Crippen molar-refractivity contribution in [2.75, 3.05) is 13.2 Å². The van der Waals surface area contributed by atoms with E-state index in [1.165, 1.54) is 0 Å². The first-order valence-corrected chi connectivity index (χ1v) is 5.58. The number of hydrogen-bond donors (Lipinski definition) is 1. The van der Waals surface area contributed by atoms with Crippen molar-refractivity contribution >= 4 is 11.6 Å². The van der Waals surface area contributed by atoms with Crippen molar-refractivity contribution in [2.45, 2.75) is 20.0 Å². The van der Waals surface area contributed by atoms with Crippen LogP contribution in [-0.4, -0.2) is 13.2 Å². The molecule has 3 heteroatoms. The van der Waals surface area contributed by atoms with E-state index < -0.39 is 0 Å². The lowest BCUT2D eigenvalue weighted by Gasteiger charge is -2.17. The molecule has 0 amide bonds. The smallest absolute Gasteiger partial charge is 0.0947 e. The summed E-state index contributed by atoms with van der Waals surface area (Å²) in [5.74, 6) is 0.520. The molecule has 1 unspecified atom stereocenters. The van der Waals surface area contributed by atoms with Crippen LogP contribution in [0.3, 0.4) is 0 Å². The summed E-state index contributed by atoms with van der Waals surface area (Å²) in [5, 5.41) is 0.735. The summed E-state index contributed by atoms with van der Waals surface area (Å²) in [7, 11) is 0. The number of halogens is 1. The van der Waals surface area contributed by atoms with E-state index in [-0.39, 0.29) is 6.10 Å². The first-order chi connectivity index (χ1) is 7.13. The molecule has 0 saturated carbocycles. The Bertz CT molecular complexity index is 284. The van der Waals surface area contributed by atoms with E-state index in [0.717, 1.165) is 17.2 Å². The monoisotopic (exact) mass is 227 g/mol. The molecule has 0 radical (unpaired) electrons. The second kappa shape index (κ2) is 6.11. The fourth-order valence-corrected chi connectivity index (χ4v) is 1.41. The summed E-state index contributed by atoms with van der Waals surface area (Å²) in [6.45, 7) is 5.46. The molecule has 15 heavy (non-hydrogen) atoms. The van der Waals surface area contributed by atoms with Gasteiger partial charge < -0.3 is 10.5 Å². The zero-order valence-electron chi connectivity index (χ0n) is 9.24. The maximum atomic E-state index is 5.81. The maximum Gasteiger partial charge on any atom is 0.0947 e. The first kappa shape index (κ1) is 12.5. The molecule has 1 aromatic rings. The van der Waals surface area contributed by atoms with E-state index in [1.54, 1.807) is 0 Å². The van der Waals surface area contributed by atoms with E-state index in [4.69, 9.17) is 22.1 Å². The summed E-state index contributed by atoms with van der Waals surface area (Å²) in [5.41, 5.74) is 6.76. The fraction of sp³-hybridized carbons (Fsp3) is 0.500. The van der Waals surface area contributed by atoms with Crippen molar-refractivity contribution < 1.29 is 4.74 Å². The highest BCUT2D eigenvalue weighted by atomic mass is 35.5. The first-order valence-electron chi connectivity index (χ1n) is 5.20. The van der Waals surface area contributed by atoms with E-state index >= 15 is 0 Å². The maximum absolute atomic E-state index is 5.81. The molecule has 0 fully saturated rings. The summed E-state index contributed by atoms with van der Waals surface area (Å²) in [6.07, 6.45) is -0.0235. The van der Waals surface area contributed by atoms with Gasteiger partial charge in [0.25, 0.3) is 0 Å². The molecule has 2 N–H and O–H groups in total. The zero-order valence-corrected chi connectivity index (χ0v) is 10.00. The van der Waals surface area contributed by atoms with Gasteiger partial charge in [-0.05, 0) is 23.6 Å². The van der Waals surface area contributed by atoms with Gasteiger partial charge in [0.1, 0.15) is 0 Å². The Hall–Kier alpha value is -0.570. The predicted molar refractivity (Wildman–Crippen MR) is 64.0 cm³/mol. The van der Waals surface area contributed by atoms with Crippen molar-refractivity contribution in [1.29, 1.82) is 0 Å². The quantitative estimate of drug-likeness (QED) is 0.840. The van der Waals surface area contributed by atoms with Crippen LogP contribution in [0.15, 0.2) is 24.3 Å². The molecule has 0 aliphatic rings. The van der Waals surface area contributed by atoms with Crippen molar-refractivity contribution in [3.05, 3.63) is 34.9 Å². The standard InChI is InChI=1S/C12H18ClNO/c1-9(2)8-15-12(7-14)10-3-5-11(13)6-4-10/h3-6,9,12H,7-8,14H2,1-2H3. The van der Waals surface area contributed by atoms with Gasteiger partial charge >= 0.3 is 0 Å². The van der Waals surface area contributed by atoms with E-state index in [1.807, 2.05) is 24.3 Å². The lowest BCUT2D eigenvalue weighted by Crippen LogP contribution is -2.18. The Kier molecular flexibility index (Phi) is 5.09. The lowest BCUT2D eigenvalue weighted by molar-refractivity contribution is 0.0406. The summed E-state index contributed by atoms with van der Waals surface area (Å²) >= 11 is 5.81. The van der Waals surface area contributed by atoms with Crippen LogP contribution in [0.1, 0.15) is 25.5 Å². The second-order valence-corrected chi connectivity index (χ2v) is 4.44. The summed E-state index contributed by atoms with van der Waals surface area (Å²) in [6, 6.07) is 7.64. The molecule has 0 bridgehead atoms.